The number of hydrogen-bond donors (Lipinski definition) is 1. The second kappa shape index (κ2) is 5.24. The first-order valence-electron chi connectivity index (χ1n) is 7.05. The Kier molecular flexibility index (Phi) is 3.09. The summed E-state index contributed by atoms with van der Waals surface area (Å²) in [5, 5.41) is 9.66. The summed E-state index contributed by atoms with van der Waals surface area (Å²) in [6, 6.07) is 24.6. The van der Waals surface area contributed by atoms with Crippen LogP contribution in [0.2, 0.25) is 0 Å². The van der Waals surface area contributed by atoms with Gasteiger partial charge >= 0.3 is 0 Å². The first-order valence-corrected chi connectivity index (χ1v) is 7.46. The summed E-state index contributed by atoms with van der Waals surface area (Å²) in [5.74, 6) is 0.821. The summed E-state index contributed by atoms with van der Waals surface area (Å²) in [5.41, 5.74) is 2.07. The zero-order valence-electron chi connectivity index (χ0n) is 11.7. The number of nitrogens with one attached hydrogen (secondary N) is 1. The van der Waals surface area contributed by atoms with Crippen LogP contribution in [0.1, 0.15) is 0 Å². The first-order chi connectivity index (χ1) is 10.8. The number of fused-ring (bicyclic) bond motifs is 1. The highest BCUT2D eigenvalue weighted by molar-refractivity contribution is 7.71. The van der Waals surface area contributed by atoms with E-state index < -0.39 is 0 Å². The van der Waals surface area contributed by atoms with Crippen LogP contribution in [0.5, 0.6) is 0 Å². The summed E-state index contributed by atoms with van der Waals surface area (Å²) in [4.78, 5) is 0. The molecule has 0 radical (unpaired) electrons. The second-order valence-electron chi connectivity index (χ2n) is 5.05. The van der Waals surface area contributed by atoms with Crippen molar-refractivity contribution in [1.29, 1.82) is 0 Å². The summed E-state index contributed by atoms with van der Waals surface area (Å²) < 4.78 is 2.59. The van der Waals surface area contributed by atoms with Gasteiger partial charge in [-0.25, -0.2) is 0 Å². The van der Waals surface area contributed by atoms with E-state index in [9.17, 15) is 0 Å². The van der Waals surface area contributed by atoms with Gasteiger partial charge in [-0.05, 0) is 23.7 Å². The molecule has 0 fully saturated rings. The van der Waals surface area contributed by atoms with Gasteiger partial charge in [0.25, 0.3) is 0 Å². The molecule has 106 valence electrons. The maximum atomic E-state index is 5.46. The number of rotatable bonds is 2. The van der Waals surface area contributed by atoms with E-state index in [1.165, 1.54) is 5.39 Å². The van der Waals surface area contributed by atoms with Crippen LogP contribution in [-0.2, 0) is 0 Å². The first kappa shape index (κ1) is 13.0. The van der Waals surface area contributed by atoms with Gasteiger partial charge in [0.1, 0.15) is 0 Å². The van der Waals surface area contributed by atoms with Crippen molar-refractivity contribution in [3.05, 3.63) is 77.6 Å². The number of aromatic amines is 1. The number of benzene rings is 3. The van der Waals surface area contributed by atoms with Crippen LogP contribution in [0.25, 0.3) is 27.8 Å². The summed E-state index contributed by atoms with van der Waals surface area (Å²) >= 11 is 5.46. The molecular weight excluding hydrogens is 290 g/mol. The highest BCUT2D eigenvalue weighted by atomic mass is 32.1. The highest BCUT2D eigenvalue weighted by Gasteiger charge is 2.12. The average Bonchev–Trinajstić information content (AvgIpc) is 2.96. The molecule has 1 N–H and O–H groups in total. The molecule has 0 saturated heterocycles. The van der Waals surface area contributed by atoms with Crippen LogP contribution in [0.15, 0.2) is 72.8 Å². The molecule has 4 aromatic rings. The molecule has 3 aromatic carbocycles. The van der Waals surface area contributed by atoms with Crippen molar-refractivity contribution < 1.29 is 0 Å². The smallest absolute Gasteiger partial charge is 0.200 e. The number of hydrogen-bond acceptors (Lipinski definition) is 2. The Morgan fingerprint density at radius 1 is 0.818 bits per heavy atom. The predicted octanol–water partition coefficient (Wildman–Crippen LogP) is 4.75. The van der Waals surface area contributed by atoms with Gasteiger partial charge in [-0.3, -0.25) is 9.67 Å². The Bertz CT molecular complexity index is 994. The Morgan fingerprint density at radius 3 is 2.41 bits per heavy atom. The summed E-state index contributed by atoms with van der Waals surface area (Å²) in [6.45, 7) is 0. The van der Waals surface area contributed by atoms with E-state index in [4.69, 9.17) is 12.2 Å². The lowest BCUT2D eigenvalue weighted by Gasteiger charge is -2.10. The molecule has 22 heavy (non-hydrogen) atoms. The van der Waals surface area contributed by atoms with Crippen LogP contribution in [0, 0.1) is 4.77 Å². The molecule has 1 heterocycles. The van der Waals surface area contributed by atoms with E-state index >= 15 is 0 Å². The van der Waals surface area contributed by atoms with E-state index in [1.807, 2.05) is 53.1 Å². The van der Waals surface area contributed by atoms with Crippen LogP contribution in [-0.4, -0.2) is 14.8 Å². The third-order valence-corrected chi connectivity index (χ3v) is 3.99. The number of nitrogens with zero attached hydrogens (tertiary/aromatic N) is 2. The van der Waals surface area contributed by atoms with Gasteiger partial charge < -0.3 is 0 Å². The summed E-state index contributed by atoms with van der Waals surface area (Å²) in [6.07, 6.45) is 0. The minimum atomic E-state index is 0.593. The molecule has 3 nitrogen and oxygen atoms in total. The van der Waals surface area contributed by atoms with Crippen molar-refractivity contribution in [3.8, 4) is 17.1 Å². The monoisotopic (exact) mass is 303 g/mol. The largest absolute Gasteiger partial charge is 0.268 e. The van der Waals surface area contributed by atoms with Gasteiger partial charge in [-0.1, -0.05) is 66.7 Å². The van der Waals surface area contributed by atoms with Gasteiger partial charge in [0.2, 0.25) is 0 Å². The van der Waals surface area contributed by atoms with E-state index in [-0.39, 0.29) is 0 Å². The standard InChI is InChI=1S/C18H13N3S/c22-18-20-19-17(14-8-2-1-3-9-14)21(18)16-12-6-10-13-7-4-5-11-15(13)16/h1-12H,(H,20,22). The zero-order chi connectivity index (χ0) is 14.9. The Balaban J connectivity index is 2.04. The molecule has 0 unspecified atom stereocenters. The molecule has 0 aliphatic carbocycles. The molecule has 0 amide bonds. The lowest BCUT2D eigenvalue weighted by molar-refractivity contribution is 1.04. The van der Waals surface area contributed by atoms with Gasteiger partial charge in [0.15, 0.2) is 10.6 Å². The molecule has 0 aliphatic rings. The molecule has 0 atom stereocenters. The van der Waals surface area contributed by atoms with E-state index in [0.717, 1.165) is 22.5 Å². The van der Waals surface area contributed by atoms with E-state index in [2.05, 4.69) is 34.5 Å². The fourth-order valence-electron chi connectivity index (χ4n) is 2.70. The quantitative estimate of drug-likeness (QED) is 0.542. The van der Waals surface area contributed by atoms with Crippen molar-refractivity contribution in [2.24, 2.45) is 0 Å². The highest BCUT2D eigenvalue weighted by Crippen LogP contribution is 2.27. The number of aromatic nitrogens is 3. The molecular formula is C18H13N3S. The molecule has 4 rings (SSSR count). The minimum Gasteiger partial charge on any atom is -0.268 e. The molecule has 1 aromatic heterocycles. The third kappa shape index (κ3) is 2.05. The fourth-order valence-corrected chi connectivity index (χ4v) is 2.94. The van der Waals surface area contributed by atoms with Crippen molar-refractivity contribution in [3.63, 3.8) is 0 Å². The van der Waals surface area contributed by atoms with Crippen molar-refractivity contribution >= 4 is 23.0 Å². The zero-order valence-corrected chi connectivity index (χ0v) is 12.5. The van der Waals surface area contributed by atoms with Crippen LogP contribution < -0.4 is 0 Å². The maximum Gasteiger partial charge on any atom is 0.200 e. The normalized spacial score (nSPS) is 10.9. The van der Waals surface area contributed by atoms with Crippen LogP contribution >= 0.6 is 12.2 Å². The molecule has 4 heteroatoms. The van der Waals surface area contributed by atoms with Crippen molar-refractivity contribution in [1.82, 2.24) is 14.8 Å². The minimum absolute atomic E-state index is 0.593. The Hall–Kier alpha value is -2.72. The van der Waals surface area contributed by atoms with Gasteiger partial charge in [0.05, 0.1) is 5.69 Å². The van der Waals surface area contributed by atoms with Crippen LogP contribution in [0.3, 0.4) is 0 Å². The second-order valence-corrected chi connectivity index (χ2v) is 5.44. The van der Waals surface area contributed by atoms with Gasteiger partial charge in [-0.2, -0.15) is 5.10 Å². The predicted molar refractivity (Wildman–Crippen MR) is 91.7 cm³/mol. The molecule has 0 aliphatic heterocycles. The van der Waals surface area contributed by atoms with E-state index in [1.54, 1.807) is 0 Å². The van der Waals surface area contributed by atoms with Gasteiger partial charge in [-0.15, -0.1) is 0 Å². The fraction of sp³-hybridized carbons (Fsp3) is 0. The Labute approximate surface area is 132 Å². The molecule has 0 saturated carbocycles. The van der Waals surface area contributed by atoms with Gasteiger partial charge in [0, 0.05) is 10.9 Å². The lowest BCUT2D eigenvalue weighted by atomic mass is 10.1. The SMILES string of the molecule is S=c1[nH]nc(-c2ccccc2)n1-c1cccc2ccccc12. The number of H-pyrrole nitrogens is 1. The van der Waals surface area contributed by atoms with Crippen LogP contribution in [0.4, 0.5) is 0 Å². The van der Waals surface area contributed by atoms with E-state index in [0.29, 0.717) is 4.77 Å². The topological polar surface area (TPSA) is 33.6 Å². The summed E-state index contributed by atoms with van der Waals surface area (Å²) in [7, 11) is 0. The van der Waals surface area contributed by atoms with Crippen molar-refractivity contribution in [2.75, 3.05) is 0 Å². The van der Waals surface area contributed by atoms with Crippen molar-refractivity contribution in [2.45, 2.75) is 0 Å². The molecule has 0 bridgehead atoms. The Morgan fingerprint density at radius 2 is 1.55 bits per heavy atom. The lowest BCUT2D eigenvalue weighted by Crippen LogP contribution is -1.98. The maximum absolute atomic E-state index is 5.46. The third-order valence-electron chi connectivity index (χ3n) is 3.71. The molecule has 0 spiro atoms. The average molecular weight is 303 g/mol.